The number of aromatic nitrogens is 2. The molecule has 1 fully saturated rings. The quantitative estimate of drug-likeness (QED) is 0.513. The molecule has 3 aromatic rings. The molecule has 0 radical (unpaired) electrons. The van der Waals surface area contributed by atoms with Crippen LogP contribution >= 0.6 is 0 Å². The van der Waals surface area contributed by atoms with Gasteiger partial charge in [0.2, 0.25) is 17.7 Å². The van der Waals surface area contributed by atoms with Gasteiger partial charge in [0, 0.05) is 49.9 Å². The molecule has 1 saturated heterocycles. The fraction of sp³-hybridized carbons (Fsp3) is 0.419. The number of nitrogens with one attached hydrogen (secondary N) is 1. The van der Waals surface area contributed by atoms with E-state index in [4.69, 9.17) is 4.74 Å². The van der Waals surface area contributed by atoms with Gasteiger partial charge < -0.3 is 19.9 Å². The maximum absolute atomic E-state index is 14.3. The molecule has 3 amide bonds. The number of halogens is 2. The lowest BCUT2D eigenvalue weighted by Crippen LogP contribution is -2.43. The van der Waals surface area contributed by atoms with Gasteiger partial charge in [-0.1, -0.05) is 24.3 Å². The highest BCUT2D eigenvalue weighted by Crippen LogP contribution is 2.35. The van der Waals surface area contributed by atoms with Crippen LogP contribution in [0.3, 0.4) is 0 Å². The lowest BCUT2D eigenvalue weighted by atomic mass is 9.88. The van der Waals surface area contributed by atoms with Gasteiger partial charge in [-0.15, -0.1) is 0 Å². The van der Waals surface area contributed by atoms with Crippen molar-refractivity contribution in [1.82, 2.24) is 24.9 Å². The lowest BCUT2D eigenvalue weighted by molar-refractivity contribution is -0.133. The molecule has 0 spiro atoms. The predicted octanol–water partition coefficient (Wildman–Crippen LogP) is 2.99. The van der Waals surface area contributed by atoms with Crippen LogP contribution in [0.5, 0.6) is 5.75 Å². The second-order valence-electron chi connectivity index (χ2n) is 10.9. The number of nitrogens with zero attached hydrogens (tertiary/aromatic N) is 4. The molecule has 2 atom stereocenters. The monoisotopic (exact) mass is 579 g/mol. The number of hydrogen-bond donors (Lipinski definition) is 1. The fourth-order valence-electron chi connectivity index (χ4n) is 5.72. The van der Waals surface area contributed by atoms with Crippen LogP contribution in [-0.4, -0.2) is 76.6 Å². The number of amides is 3. The molecule has 2 aliphatic heterocycles. The first kappa shape index (κ1) is 29.2. The second-order valence-corrected chi connectivity index (χ2v) is 10.9. The first-order valence-electron chi connectivity index (χ1n) is 14.2. The van der Waals surface area contributed by atoms with E-state index in [0.717, 1.165) is 23.0 Å². The SMILES string of the molecule is Cc1cc(C)n(CC(=O)N2CCCOc3cccc(c3)[C@H]3CN(C(=O)Cc4cccc(F)c4F)C[C@@H]3C(=O)NCC2)n1. The largest absolute Gasteiger partial charge is 0.494 e. The minimum Gasteiger partial charge on any atom is -0.494 e. The number of rotatable bonds is 4. The third-order valence-corrected chi connectivity index (χ3v) is 7.93. The molecule has 0 unspecified atom stereocenters. The van der Waals surface area contributed by atoms with E-state index in [9.17, 15) is 23.2 Å². The van der Waals surface area contributed by atoms with E-state index in [2.05, 4.69) is 10.4 Å². The van der Waals surface area contributed by atoms with Crippen LogP contribution in [0.4, 0.5) is 8.78 Å². The van der Waals surface area contributed by atoms with Gasteiger partial charge >= 0.3 is 0 Å². The topological polar surface area (TPSA) is 96.8 Å². The first-order valence-corrected chi connectivity index (χ1v) is 14.2. The predicted molar refractivity (Wildman–Crippen MR) is 151 cm³/mol. The summed E-state index contributed by atoms with van der Waals surface area (Å²) >= 11 is 0. The number of aryl methyl sites for hydroxylation is 2. The van der Waals surface area contributed by atoms with E-state index in [1.54, 1.807) is 9.58 Å². The molecular weight excluding hydrogens is 544 g/mol. The van der Waals surface area contributed by atoms with Crippen LogP contribution < -0.4 is 10.1 Å². The smallest absolute Gasteiger partial charge is 0.244 e. The van der Waals surface area contributed by atoms with Crippen LogP contribution in [0.1, 0.15) is 34.9 Å². The van der Waals surface area contributed by atoms with Crippen LogP contribution in [0, 0.1) is 31.4 Å². The Labute approximate surface area is 243 Å². The zero-order valence-corrected chi connectivity index (χ0v) is 23.8. The van der Waals surface area contributed by atoms with Gasteiger partial charge in [0.15, 0.2) is 11.6 Å². The molecule has 5 rings (SSSR count). The van der Waals surface area contributed by atoms with Crippen LogP contribution in [0.2, 0.25) is 0 Å². The summed E-state index contributed by atoms with van der Waals surface area (Å²) in [5, 5.41) is 7.36. The molecule has 2 aliphatic rings. The number of ether oxygens (including phenoxy) is 1. The average molecular weight is 580 g/mol. The van der Waals surface area contributed by atoms with Gasteiger partial charge in [0.05, 0.1) is 24.6 Å². The summed E-state index contributed by atoms with van der Waals surface area (Å²) in [5.74, 6) is -3.02. The third kappa shape index (κ3) is 6.61. The molecule has 222 valence electrons. The molecule has 0 aliphatic carbocycles. The van der Waals surface area contributed by atoms with Crippen molar-refractivity contribution in [3.8, 4) is 5.75 Å². The van der Waals surface area contributed by atoms with Crippen molar-refractivity contribution in [3.63, 3.8) is 0 Å². The van der Waals surface area contributed by atoms with E-state index >= 15 is 0 Å². The summed E-state index contributed by atoms with van der Waals surface area (Å²) in [7, 11) is 0. The van der Waals surface area contributed by atoms with E-state index in [0.29, 0.717) is 31.9 Å². The zero-order chi connectivity index (χ0) is 29.8. The Hall–Kier alpha value is -4.28. The van der Waals surface area contributed by atoms with Crippen LogP contribution in [0.25, 0.3) is 0 Å². The van der Waals surface area contributed by atoms with E-state index in [-0.39, 0.29) is 61.8 Å². The number of hydrogen-bond acceptors (Lipinski definition) is 5. The summed E-state index contributed by atoms with van der Waals surface area (Å²) in [5.41, 5.74) is 2.57. The molecule has 2 bridgehead atoms. The van der Waals surface area contributed by atoms with Gasteiger partial charge in [-0.05, 0) is 50.1 Å². The Balaban J connectivity index is 1.32. The minimum atomic E-state index is -1.04. The van der Waals surface area contributed by atoms with Crippen molar-refractivity contribution in [2.75, 3.05) is 39.3 Å². The minimum absolute atomic E-state index is 0.0246. The van der Waals surface area contributed by atoms with Crippen LogP contribution in [-0.2, 0) is 27.3 Å². The van der Waals surface area contributed by atoms with E-state index in [1.807, 2.05) is 44.2 Å². The number of benzene rings is 2. The standard InChI is InChI=1S/C31H35F2N5O4/c1-20-14-21(2)38(35-20)19-29(40)36-11-5-13-42-24-8-3-6-22(15-24)25-17-37(18-26(25)31(41)34-10-12-36)28(39)16-23-7-4-9-27(32)30(23)33/h3-4,6-9,14-15,25-26H,5,10-13,16-19H2,1-2H3,(H,34,41)/t25-,26+/m1/s1. The molecule has 42 heavy (non-hydrogen) atoms. The number of fused-ring (bicyclic) bond motifs is 4. The summed E-state index contributed by atoms with van der Waals surface area (Å²) in [4.78, 5) is 43.1. The molecule has 1 aromatic heterocycles. The van der Waals surface area contributed by atoms with Crippen LogP contribution in [0.15, 0.2) is 48.5 Å². The Morgan fingerprint density at radius 3 is 2.57 bits per heavy atom. The summed E-state index contributed by atoms with van der Waals surface area (Å²) in [6.45, 7) is 5.69. The summed E-state index contributed by atoms with van der Waals surface area (Å²) in [6.07, 6.45) is 0.298. The van der Waals surface area contributed by atoms with Crippen molar-refractivity contribution in [2.45, 2.75) is 39.2 Å². The molecule has 1 N–H and O–H groups in total. The number of carbonyl (C=O) groups excluding carboxylic acids is 3. The van der Waals surface area contributed by atoms with Crippen molar-refractivity contribution < 1.29 is 27.9 Å². The molecule has 3 heterocycles. The van der Waals surface area contributed by atoms with Crippen molar-refractivity contribution in [1.29, 1.82) is 0 Å². The van der Waals surface area contributed by atoms with Gasteiger partial charge in [-0.25, -0.2) is 8.78 Å². The molecular formula is C31H35F2N5O4. The van der Waals surface area contributed by atoms with E-state index in [1.165, 1.54) is 17.0 Å². The number of carbonyl (C=O) groups is 3. The number of likely N-dealkylation sites (tertiary alicyclic amines) is 1. The van der Waals surface area contributed by atoms with Gasteiger partial charge in [0.25, 0.3) is 0 Å². The molecule has 0 saturated carbocycles. The Kier molecular flexibility index (Phi) is 8.84. The highest BCUT2D eigenvalue weighted by Gasteiger charge is 2.40. The zero-order valence-electron chi connectivity index (χ0n) is 23.8. The maximum atomic E-state index is 14.3. The van der Waals surface area contributed by atoms with Crippen molar-refractivity contribution in [2.24, 2.45) is 5.92 Å². The van der Waals surface area contributed by atoms with Crippen molar-refractivity contribution >= 4 is 17.7 Å². The fourth-order valence-corrected chi connectivity index (χ4v) is 5.72. The maximum Gasteiger partial charge on any atom is 0.244 e. The van der Waals surface area contributed by atoms with Crippen molar-refractivity contribution in [3.05, 3.63) is 82.7 Å². The molecule has 11 heteroatoms. The highest BCUT2D eigenvalue weighted by molar-refractivity contribution is 5.84. The van der Waals surface area contributed by atoms with E-state index < -0.39 is 17.6 Å². The average Bonchev–Trinajstić information content (AvgIpc) is 3.55. The summed E-state index contributed by atoms with van der Waals surface area (Å²) < 4.78 is 35.7. The van der Waals surface area contributed by atoms with Gasteiger partial charge in [0.1, 0.15) is 12.3 Å². The Morgan fingerprint density at radius 1 is 1.00 bits per heavy atom. The molecule has 2 aromatic carbocycles. The lowest BCUT2D eigenvalue weighted by Gasteiger charge is -2.25. The second kappa shape index (κ2) is 12.7. The van der Waals surface area contributed by atoms with Gasteiger partial charge in [-0.2, -0.15) is 5.10 Å². The Bertz CT molecular complexity index is 1480. The normalized spacial score (nSPS) is 19.5. The first-order chi connectivity index (χ1) is 20.2. The van der Waals surface area contributed by atoms with Gasteiger partial charge in [-0.3, -0.25) is 19.1 Å². The third-order valence-electron chi connectivity index (χ3n) is 7.93. The summed E-state index contributed by atoms with van der Waals surface area (Å²) in [6, 6.07) is 13.1. The Morgan fingerprint density at radius 2 is 1.79 bits per heavy atom. The molecule has 9 nitrogen and oxygen atoms in total. The highest BCUT2D eigenvalue weighted by atomic mass is 19.2.